The molecule has 0 bridgehead atoms. The number of rotatable bonds is 4. The number of hydrogen-bond acceptors (Lipinski definition) is 3. The van der Waals surface area contributed by atoms with Crippen LogP contribution in [0, 0.1) is 0 Å². The van der Waals surface area contributed by atoms with E-state index in [1.165, 1.54) is 11.1 Å². The van der Waals surface area contributed by atoms with Gasteiger partial charge in [0, 0.05) is 24.5 Å². The second-order valence-electron chi connectivity index (χ2n) is 6.02. The highest BCUT2D eigenvalue weighted by atomic mass is 16.2. The minimum atomic E-state index is -0.110. The van der Waals surface area contributed by atoms with Crippen molar-refractivity contribution in [1.82, 2.24) is 4.90 Å². The Balaban J connectivity index is 1.70. The second-order valence-corrected chi connectivity index (χ2v) is 6.02. The molecular formula is C19H23N3O. The van der Waals surface area contributed by atoms with E-state index in [1.807, 2.05) is 12.1 Å². The van der Waals surface area contributed by atoms with Crippen molar-refractivity contribution in [2.24, 2.45) is 0 Å². The molecule has 0 fully saturated rings. The first-order valence-corrected chi connectivity index (χ1v) is 8.14. The predicted octanol–water partition coefficient (Wildman–Crippen LogP) is 3.04. The first kappa shape index (κ1) is 15.6. The van der Waals surface area contributed by atoms with Gasteiger partial charge in [-0.2, -0.15) is 0 Å². The maximum atomic E-state index is 12.7. The summed E-state index contributed by atoms with van der Waals surface area (Å²) in [4.78, 5) is 14.9. The lowest BCUT2D eigenvalue weighted by Crippen LogP contribution is -2.46. The van der Waals surface area contributed by atoms with Crippen LogP contribution in [0.4, 0.5) is 11.4 Å². The third-order valence-electron chi connectivity index (χ3n) is 4.47. The van der Waals surface area contributed by atoms with Gasteiger partial charge in [0.15, 0.2) is 0 Å². The molecule has 0 radical (unpaired) electrons. The molecule has 1 amide bonds. The standard InChI is InChI=1S/C19H23N3O/c1-2-18(19(23)21-17-9-7-16(20)8-10-17)22-12-11-14-5-3-4-6-15(14)13-22/h3-10,18H,2,11-13,20H2,1H3,(H,21,23). The van der Waals surface area contributed by atoms with E-state index >= 15 is 0 Å². The lowest BCUT2D eigenvalue weighted by molar-refractivity contribution is -0.121. The summed E-state index contributed by atoms with van der Waals surface area (Å²) in [5, 5.41) is 3.01. The number of nitrogens with two attached hydrogens (primary N) is 1. The largest absolute Gasteiger partial charge is 0.399 e. The zero-order valence-electron chi connectivity index (χ0n) is 13.5. The lowest BCUT2D eigenvalue weighted by Gasteiger charge is -2.34. The summed E-state index contributed by atoms with van der Waals surface area (Å²) in [7, 11) is 0. The highest BCUT2D eigenvalue weighted by Crippen LogP contribution is 2.22. The van der Waals surface area contributed by atoms with Crippen LogP contribution in [-0.2, 0) is 17.8 Å². The smallest absolute Gasteiger partial charge is 0.241 e. The van der Waals surface area contributed by atoms with E-state index in [0.29, 0.717) is 5.69 Å². The number of fused-ring (bicyclic) bond motifs is 1. The molecule has 23 heavy (non-hydrogen) atoms. The van der Waals surface area contributed by atoms with E-state index in [4.69, 9.17) is 5.73 Å². The van der Waals surface area contributed by atoms with Gasteiger partial charge in [-0.25, -0.2) is 0 Å². The Bertz CT molecular complexity index is 681. The van der Waals surface area contributed by atoms with Crippen LogP contribution < -0.4 is 11.1 Å². The molecule has 1 aliphatic rings. The van der Waals surface area contributed by atoms with Crippen LogP contribution in [0.15, 0.2) is 48.5 Å². The predicted molar refractivity (Wildman–Crippen MR) is 94.1 cm³/mol. The Labute approximate surface area is 137 Å². The zero-order valence-corrected chi connectivity index (χ0v) is 13.5. The van der Waals surface area contributed by atoms with E-state index in [9.17, 15) is 4.79 Å². The number of benzene rings is 2. The molecule has 0 aliphatic carbocycles. The fourth-order valence-corrected chi connectivity index (χ4v) is 3.19. The van der Waals surface area contributed by atoms with Crippen LogP contribution in [0.3, 0.4) is 0 Å². The minimum absolute atomic E-state index is 0.0525. The summed E-state index contributed by atoms with van der Waals surface area (Å²) in [6, 6.07) is 15.7. The normalized spacial score (nSPS) is 15.7. The quantitative estimate of drug-likeness (QED) is 0.854. The van der Waals surface area contributed by atoms with Gasteiger partial charge < -0.3 is 11.1 Å². The summed E-state index contributed by atoms with van der Waals surface area (Å²) in [5.74, 6) is 0.0525. The van der Waals surface area contributed by atoms with Crippen molar-refractivity contribution in [3.8, 4) is 0 Å². The third-order valence-corrected chi connectivity index (χ3v) is 4.47. The van der Waals surface area contributed by atoms with Crippen LogP contribution in [0.1, 0.15) is 24.5 Å². The fraction of sp³-hybridized carbons (Fsp3) is 0.316. The van der Waals surface area contributed by atoms with Crippen molar-refractivity contribution in [3.63, 3.8) is 0 Å². The third kappa shape index (κ3) is 3.54. The average molecular weight is 309 g/mol. The van der Waals surface area contributed by atoms with Gasteiger partial charge in [0.25, 0.3) is 0 Å². The van der Waals surface area contributed by atoms with Crippen molar-refractivity contribution >= 4 is 17.3 Å². The molecular weight excluding hydrogens is 286 g/mol. The summed E-state index contributed by atoms with van der Waals surface area (Å²) in [6.07, 6.45) is 1.80. The van der Waals surface area contributed by atoms with E-state index in [-0.39, 0.29) is 11.9 Å². The lowest BCUT2D eigenvalue weighted by atomic mass is 9.98. The summed E-state index contributed by atoms with van der Waals surface area (Å²) in [6.45, 7) is 3.82. The van der Waals surface area contributed by atoms with Gasteiger partial charge in [0.05, 0.1) is 6.04 Å². The van der Waals surface area contributed by atoms with Gasteiger partial charge in [-0.15, -0.1) is 0 Å². The molecule has 0 aromatic heterocycles. The summed E-state index contributed by atoms with van der Waals surface area (Å²) in [5.41, 5.74) is 9.90. The molecule has 2 aromatic carbocycles. The molecule has 3 rings (SSSR count). The number of nitrogens with one attached hydrogen (secondary N) is 1. The molecule has 0 saturated carbocycles. The van der Waals surface area contributed by atoms with E-state index in [2.05, 4.69) is 41.4 Å². The van der Waals surface area contributed by atoms with Crippen molar-refractivity contribution in [2.75, 3.05) is 17.6 Å². The minimum Gasteiger partial charge on any atom is -0.399 e. The highest BCUT2D eigenvalue weighted by Gasteiger charge is 2.27. The molecule has 2 aromatic rings. The average Bonchev–Trinajstić information content (AvgIpc) is 2.57. The van der Waals surface area contributed by atoms with Gasteiger partial charge in [-0.05, 0) is 48.2 Å². The van der Waals surface area contributed by atoms with Crippen LogP contribution in [0.25, 0.3) is 0 Å². The van der Waals surface area contributed by atoms with Crippen LogP contribution in [0.5, 0.6) is 0 Å². The second kappa shape index (κ2) is 6.84. The maximum absolute atomic E-state index is 12.7. The molecule has 4 heteroatoms. The first-order valence-electron chi connectivity index (χ1n) is 8.14. The van der Waals surface area contributed by atoms with Gasteiger partial charge in [0.2, 0.25) is 5.91 Å². The topological polar surface area (TPSA) is 58.4 Å². The van der Waals surface area contributed by atoms with E-state index < -0.39 is 0 Å². The SMILES string of the molecule is CCC(C(=O)Nc1ccc(N)cc1)N1CCc2ccccc2C1. The van der Waals surface area contributed by atoms with Crippen molar-refractivity contribution in [3.05, 3.63) is 59.7 Å². The molecule has 0 spiro atoms. The Hall–Kier alpha value is -2.33. The van der Waals surface area contributed by atoms with Gasteiger partial charge in [-0.1, -0.05) is 31.2 Å². The Morgan fingerprint density at radius 3 is 2.57 bits per heavy atom. The number of nitrogens with zero attached hydrogens (tertiary/aromatic N) is 1. The molecule has 4 nitrogen and oxygen atoms in total. The summed E-state index contributed by atoms with van der Waals surface area (Å²) >= 11 is 0. The zero-order chi connectivity index (χ0) is 16.2. The number of hydrogen-bond donors (Lipinski definition) is 2. The molecule has 1 aliphatic heterocycles. The molecule has 1 heterocycles. The van der Waals surface area contributed by atoms with E-state index in [0.717, 1.165) is 31.6 Å². The molecule has 0 saturated heterocycles. The molecule has 120 valence electrons. The first-order chi connectivity index (χ1) is 11.2. The Morgan fingerprint density at radius 2 is 1.87 bits per heavy atom. The monoisotopic (exact) mass is 309 g/mol. The van der Waals surface area contributed by atoms with E-state index in [1.54, 1.807) is 12.1 Å². The fourth-order valence-electron chi connectivity index (χ4n) is 3.19. The van der Waals surface area contributed by atoms with Gasteiger partial charge in [0.1, 0.15) is 0 Å². The molecule has 3 N–H and O–H groups in total. The Morgan fingerprint density at radius 1 is 1.17 bits per heavy atom. The number of anilines is 2. The number of carbonyl (C=O) groups is 1. The number of carbonyl (C=O) groups excluding carboxylic acids is 1. The molecule has 1 unspecified atom stereocenters. The summed E-state index contributed by atoms with van der Waals surface area (Å²) < 4.78 is 0. The Kier molecular flexibility index (Phi) is 4.63. The molecule has 1 atom stereocenters. The number of amides is 1. The van der Waals surface area contributed by atoms with Gasteiger partial charge >= 0.3 is 0 Å². The number of nitrogen functional groups attached to an aromatic ring is 1. The van der Waals surface area contributed by atoms with Crippen LogP contribution in [-0.4, -0.2) is 23.4 Å². The van der Waals surface area contributed by atoms with Crippen molar-refractivity contribution < 1.29 is 4.79 Å². The van der Waals surface area contributed by atoms with Crippen molar-refractivity contribution in [2.45, 2.75) is 32.4 Å². The van der Waals surface area contributed by atoms with Crippen LogP contribution >= 0.6 is 0 Å². The highest BCUT2D eigenvalue weighted by molar-refractivity contribution is 5.94. The maximum Gasteiger partial charge on any atom is 0.241 e. The van der Waals surface area contributed by atoms with Crippen LogP contribution in [0.2, 0.25) is 0 Å². The van der Waals surface area contributed by atoms with Crippen molar-refractivity contribution in [1.29, 1.82) is 0 Å². The van der Waals surface area contributed by atoms with Gasteiger partial charge in [-0.3, -0.25) is 9.69 Å².